The Morgan fingerprint density at radius 3 is 2.67 bits per heavy atom. The van der Waals surface area contributed by atoms with Gasteiger partial charge in [-0.25, -0.2) is 0 Å². The Morgan fingerprint density at radius 1 is 1.33 bits per heavy atom. The number of nitrogens with one attached hydrogen (secondary N) is 1. The number of ether oxygens (including phenoxy) is 1. The number of rotatable bonds is 4. The normalized spacial score (nSPS) is 10.7. The first-order valence-corrected chi connectivity index (χ1v) is 6.15. The molecular weight excluding hydrogens is 226 g/mol. The molecule has 0 amide bonds. The SMILES string of the molecule is CCOc1ccc(-c2n[nH]c(CN)c2C)cc1C. The van der Waals surface area contributed by atoms with Gasteiger partial charge in [-0.1, -0.05) is 0 Å². The van der Waals surface area contributed by atoms with E-state index in [1.807, 2.05) is 32.9 Å². The van der Waals surface area contributed by atoms with Gasteiger partial charge in [0.15, 0.2) is 0 Å². The van der Waals surface area contributed by atoms with Gasteiger partial charge in [0, 0.05) is 12.1 Å². The summed E-state index contributed by atoms with van der Waals surface area (Å²) in [6.45, 7) is 7.22. The Balaban J connectivity index is 2.39. The van der Waals surface area contributed by atoms with E-state index in [1.165, 1.54) is 0 Å². The minimum Gasteiger partial charge on any atom is -0.494 e. The van der Waals surface area contributed by atoms with Crippen molar-refractivity contribution in [3.05, 3.63) is 35.0 Å². The first-order valence-electron chi connectivity index (χ1n) is 6.15. The highest BCUT2D eigenvalue weighted by atomic mass is 16.5. The van der Waals surface area contributed by atoms with Gasteiger partial charge in [-0.3, -0.25) is 5.10 Å². The molecule has 0 radical (unpaired) electrons. The third-order valence-electron chi connectivity index (χ3n) is 3.06. The maximum absolute atomic E-state index is 5.64. The van der Waals surface area contributed by atoms with E-state index in [0.29, 0.717) is 13.2 Å². The van der Waals surface area contributed by atoms with Gasteiger partial charge in [-0.05, 0) is 50.1 Å². The van der Waals surface area contributed by atoms with Crippen molar-refractivity contribution < 1.29 is 4.74 Å². The van der Waals surface area contributed by atoms with E-state index in [9.17, 15) is 0 Å². The molecule has 2 rings (SSSR count). The summed E-state index contributed by atoms with van der Waals surface area (Å²) < 4.78 is 5.54. The first-order chi connectivity index (χ1) is 8.67. The third kappa shape index (κ3) is 2.24. The zero-order valence-corrected chi connectivity index (χ0v) is 11.1. The lowest BCUT2D eigenvalue weighted by molar-refractivity contribution is 0.338. The maximum atomic E-state index is 5.64. The Hall–Kier alpha value is -1.81. The van der Waals surface area contributed by atoms with Crippen LogP contribution in [-0.4, -0.2) is 16.8 Å². The summed E-state index contributed by atoms with van der Waals surface area (Å²) in [6, 6.07) is 6.11. The number of aromatic amines is 1. The van der Waals surface area contributed by atoms with E-state index in [0.717, 1.165) is 33.8 Å². The van der Waals surface area contributed by atoms with Crippen LogP contribution in [0.4, 0.5) is 0 Å². The van der Waals surface area contributed by atoms with Crippen molar-refractivity contribution in [2.75, 3.05) is 6.61 Å². The van der Waals surface area contributed by atoms with E-state index in [-0.39, 0.29) is 0 Å². The Labute approximate surface area is 107 Å². The second kappa shape index (κ2) is 5.23. The van der Waals surface area contributed by atoms with Crippen molar-refractivity contribution in [3.63, 3.8) is 0 Å². The third-order valence-corrected chi connectivity index (χ3v) is 3.06. The highest BCUT2D eigenvalue weighted by molar-refractivity contribution is 5.65. The van der Waals surface area contributed by atoms with Crippen LogP contribution in [0.3, 0.4) is 0 Å². The van der Waals surface area contributed by atoms with Crippen molar-refractivity contribution in [2.24, 2.45) is 5.73 Å². The Bertz CT molecular complexity index is 546. The average molecular weight is 245 g/mol. The number of nitrogens with zero attached hydrogens (tertiary/aromatic N) is 1. The second-order valence-corrected chi connectivity index (χ2v) is 4.29. The predicted octanol–water partition coefficient (Wildman–Crippen LogP) is 2.55. The molecule has 0 bridgehead atoms. The summed E-state index contributed by atoms with van der Waals surface area (Å²) in [5, 5.41) is 7.30. The minimum atomic E-state index is 0.481. The van der Waals surface area contributed by atoms with Crippen LogP contribution < -0.4 is 10.5 Å². The monoisotopic (exact) mass is 245 g/mol. The van der Waals surface area contributed by atoms with Gasteiger partial charge in [-0.2, -0.15) is 5.10 Å². The van der Waals surface area contributed by atoms with Gasteiger partial charge in [0.1, 0.15) is 5.75 Å². The molecule has 96 valence electrons. The molecule has 0 spiro atoms. The Morgan fingerprint density at radius 2 is 2.11 bits per heavy atom. The number of nitrogens with two attached hydrogens (primary N) is 1. The fourth-order valence-electron chi connectivity index (χ4n) is 2.03. The summed E-state index contributed by atoms with van der Waals surface area (Å²) in [7, 11) is 0. The van der Waals surface area contributed by atoms with Crippen molar-refractivity contribution in [3.8, 4) is 17.0 Å². The molecule has 0 aliphatic carbocycles. The predicted molar refractivity (Wildman–Crippen MR) is 72.6 cm³/mol. The zero-order valence-electron chi connectivity index (χ0n) is 11.1. The van der Waals surface area contributed by atoms with Gasteiger partial charge >= 0.3 is 0 Å². The fourth-order valence-corrected chi connectivity index (χ4v) is 2.03. The molecule has 18 heavy (non-hydrogen) atoms. The Kier molecular flexibility index (Phi) is 3.67. The molecule has 0 atom stereocenters. The lowest BCUT2D eigenvalue weighted by atomic mass is 10.0. The van der Waals surface area contributed by atoms with Gasteiger partial charge < -0.3 is 10.5 Å². The standard InChI is InChI=1S/C14H19N3O/c1-4-18-13-6-5-11(7-9(13)2)14-10(3)12(8-15)16-17-14/h5-7H,4,8,15H2,1-3H3,(H,16,17). The van der Waals surface area contributed by atoms with Gasteiger partial charge in [0.2, 0.25) is 0 Å². The van der Waals surface area contributed by atoms with E-state index in [4.69, 9.17) is 10.5 Å². The number of aryl methyl sites for hydroxylation is 1. The molecule has 3 N–H and O–H groups in total. The van der Waals surface area contributed by atoms with Crippen LogP contribution in [0.1, 0.15) is 23.7 Å². The van der Waals surface area contributed by atoms with Crippen molar-refractivity contribution >= 4 is 0 Å². The van der Waals surface area contributed by atoms with E-state index < -0.39 is 0 Å². The maximum Gasteiger partial charge on any atom is 0.122 e. The number of H-pyrrole nitrogens is 1. The molecule has 0 unspecified atom stereocenters. The van der Waals surface area contributed by atoms with Crippen LogP contribution >= 0.6 is 0 Å². The van der Waals surface area contributed by atoms with E-state index in [1.54, 1.807) is 0 Å². The fraction of sp³-hybridized carbons (Fsp3) is 0.357. The van der Waals surface area contributed by atoms with E-state index >= 15 is 0 Å². The van der Waals surface area contributed by atoms with Crippen LogP contribution in [0.2, 0.25) is 0 Å². The molecule has 0 saturated carbocycles. The highest BCUT2D eigenvalue weighted by Gasteiger charge is 2.11. The molecule has 2 aromatic rings. The van der Waals surface area contributed by atoms with Crippen LogP contribution in [0.5, 0.6) is 5.75 Å². The van der Waals surface area contributed by atoms with Gasteiger partial charge in [0.25, 0.3) is 0 Å². The molecule has 4 nitrogen and oxygen atoms in total. The molecular formula is C14H19N3O. The highest BCUT2D eigenvalue weighted by Crippen LogP contribution is 2.28. The zero-order chi connectivity index (χ0) is 13.1. The van der Waals surface area contributed by atoms with Crippen molar-refractivity contribution in [2.45, 2.75) is 27.3 Å². The molecule has 1 aromatic carbocycles. The quantitative estimate of drug-likeness (QED) is 0.870. The lowest BCUT2D eigenvalue weighted by Gasteiger charge is -2.08. The number of aromatic nitrogens is 2. The summed E-state index contributed by atoms with van der Waals surface area (Å²) >= 11 is 0. The van der Waals surface area contributed by atoms with Gasteiger partial charge in [-0.15, -0.1) is 0 Å². The summed E-state index contributed by atoms with van der Waals surface area (Å²) in [5.74, 6) is 0.925. The molecule has 0 aliphatic rings. The lowest BCUT2D eigenvalue weighted by Crippen LogP contribution is -1.98. The first kappa shape index (κ1) is 12.6. The second-order valence-electron chi connectivity index (χ2n) is 4.29. The largest absolute Gasteiger partial charge is 0.494 e. The van der Waals surface area contributed by atoms with Gasteiger partial charge in [0.05, 0.1) is 18.0 Å². The van der Waals surface area contributed by atoms with Crippen LogP contribution in [0.25, 0.3) is 11.3 Å². The van der Waals surface area contributed by atoms with Crippen LogP contribution in [-0.2, 0) is 6.54 Å². The molecule has 1 heterocycles. The molecule has 4 heteroatoms. The topological polar surface area (TPSA) is 63.9 Å². The summed E-state index contributed by atoms with van der Waals surface area (Å²) in [6.07, 6.45) is 0. The summed E-state index contributed by atoms with van der Waals surface area (Å²) in [4.78, 5) is 0. The molecule has 0 saturated heterocycles. The number of benzene rings is 1. The molecule has 0 fully saturated rings. The smallest absolute Gasteiger partial charge is 0.122 e. The van der Waals surface area contributed by atoms with Crippen molar-refractivity contribution in [1.82, 2.24) is 10.2 Å². The van der Waals surface area contributed by atoms with Crippen LogP contribution in [0.15, 0.2) is 18.2 Å². The molecule has 1 aromatic heterocycles. The van der Waals surface area contributed by atoms with Crippen LogP contribution in [0, 0.1) is 13.8 Å². The number of hydrogen-bond acceptors (Lipinski definition) is 3. The average Bonchev–Trinajstić information content (AvgIpc) is 2.73. The van der Waals surface area contributed by atoms with E-state index in [2.05, 4.69) is 16.3 Å². The number of hydrogen-bond donors (Lipinski definition) is 2. The van der Waals surface area contributed by atoms with Crippen molar-refractivity contribution in [1.29, 1.82) is 0 Å². The minimum absolute atomic E-state index is 0.481. The summed E-state index contributed by atoms with van der Waals surface area (Å²) in [5.41, 5.74) is 10.9. The molecule has 0 aliphatic heterocycles.